The molecular formula is C22H21N3O4S. The van der Waals surface area contributed by atoms with Crippen molar-refractivity contribution in [2.24, 2.45) is 11.8 Å². The summed E-state index contributed by atoms with van der Waals surface area (Å²) in [5, 5.41) is 7.34. The smallest absolute Gasteiger partial charge is 0.265 e. The van der Waals surface area contributed by atoms with E-state index in [0.29, 0.717) is 29.1 Å². The molecule has 1 aromatic carbocycles. The van der Waals surface area contributed by atoms with Crippen LogP contribution in [0, 0.1) is 11.8 Å². The molecule has 4 amide bonds. The number of amides is 4. The number of nitrogens with zero attached hydrogens (tertiary/aromatic N) is 1. The first kappa shape index (κ1) is 20.0. The Hall–Kier alpha value is -3.26. The number of carbonyl (C=O) groups excluding carboxylic acids is 4. The molecule has 3 unspecified atom stereocenters. The van der Waals surface area contributed by atoms with E-state index in [0.717, 1.165) is 4.90 Å². The summed E-state index contributed by atoms with van der Waals surface area (Å²) in [7, 11) is 0. The van der Waals surface area contributed by atoms with Crippen molar-refractivity contribution in [3.8, 4) is 0 Å². The highest BCUT2D eigenvalue weighted by molar-refractivity contribution is 7.12. The lowest BCUT2D eigenvalue weighted by atomic mass is 9.85. The number of carbonyl (C=O) groups is 4. The maximum Gasteiger partial charge on any atom is 0.265 e. The van der Waals surface area contributed by atoms with Gasteiger partial charge in [0.05, 0.1) is 16.7 Å². The van der Waals surface area contributed by atoms with Crippen molar-refractivity contribution < 1.29 is 19.2 Å². The number of hydrogen-bond acceptors (Lipinski definition) is 5. The Kier molecular flexibility index (Phi) is 5.50. The van der Waals surface area contributed by atoms with Gasteiger partial charge in [0, 0.05) is 11.4 Å². The van der Waals surface area contributed by atoms with Gasteiger partial charge in [-0.15, -0.1) is 11.3 Å². The number of fused-ring (bicyclic) bond motifs is 1. The molecule has 0 saturated carbocycles. The molecule has 0 radical (unpaired) electrons. The maximum atomic E-state index is 12.8. The Labute approximate surface area is 177 Å². The summed E-state index contributed by atoms with van der Waals surface area (Å²) in [5.74, 6) is -1.98. The van der Waals surface area contributed by atoms with E-state index >= 15 is 0 Å². The first-order valence-electron chi connectivity index (χ1n) is 9.73. The molecule has 2 aromatic rings. The van der Waals surface area contributed by atoms with Gasteiger partial charge in [-0.1, -0.05) is 24.3 Å². The molecule has 1 fully saturated rings. The van der Waals surface area contributed by atoms with Crippen molar-refractivity contribution in [2.45, 2.75) is 25.8 Å². The molecule has 7 nitrogen and oxygen atoms in total. The van der Waals surface area contributed by atoms with Gasteiger partial charge in [0.25, 0.3) is 5.91 Å². The van der Waals surface area contributed by atoms with Crippen LogP contribution in [0.2, 0.25) is 0 Å². The van der Waals surface area contributed by atoms with E-state index in [9.17, 15) is 19.2 Å². The lowest BCUT2D eigenvalue weighted by Gasteiger charge is -2.22. The average molecular weight is 423 g/mol. The minimum atomic E-state index is -0.917. The number of likely N-dealkylation sites (tertiary alicyclic amines) is 1. The number of benzene rings is 1. The standard InChI is InChI=1S/C22H21N3O4S/c1-13(25-21(28)16-8-2-3-9-17(16)22(25)29)19(26)23-14-6-4-7-15(12-14)24-20(27)18-10-5-11-30-18/h2-7,10-13,16-17H,8-9H2,1H3,(H,23,26)(H,24,27). The Morgan fingerprint density at radius 1 is 1.00 bits per heavy atom. The second kappa shape index (κ2) is 8.23. The molecular weight excluding hydrogens is 402 g/mol. The molecule has 0 bridgehead atoms. The van der Waals surface area contributed by atoms with Crippen LogP contribution in [0.1, 0.15) is 29.4 Å². The van der Waals surface area contributed by atoms with Crippen LogP contribution in [0.4, 0.5) is 11.4 Å². The van der Waals surface area contributed by atoms with Crippen LogP contribution in [-0.4, -0.2) is 34.6 Å². The molecule has 4 rings (SSSR count). The third-order valence-electron chi connectivity index (χ3n) is 5.44. The fourth-order valence-electron chi connectivity index (χ4n) is 3.85. The van der Waals surface area contributed by atoms with Gasteiger partial charge in [-0.3, -0.25) is 24.1 Å². The van der Waals surface area contributed by atoms with E-state index in [4.69, 9.17) is 0 Å². The minimum absolute atomic E-state index is 0.230. The second-order valence-electron chi connectivity index (χ2n) is 7.38. The number of nitrogens with one attached hydrogen (secondary N) is 2. The van der Waals surface area contributed by atoms with Crippen LogP contribution in [0.5, 0.6) is 0 Å². The summed E-state index contributed by atoms with van der Waals surface area (Å²) in [6, 6.07) is 9.35. The molecule has 1 aromatic heterocycles. The van der Waals surface area contributed by atoms with Crippen molar-refractivity contribution in [1.82, 2.24) is 4.90 Å². The van der Waals surface area contributed by atoms with Gasteiger partial charge in [-0.2, -0.15) is 0 Å². The number of thiophene rings is 1. The second-order valence-corrected chi connectivity index (χ2v) is 8.33. The highest BCUT2D eigenvalue weighted by Gasteiger charge is 2.50. The Bertz CT molecular complexity index is 1000. The van der Waals surface area contributed by atoms with Crippen LogP contribution in [-0.2, 0) is 14.4 Å². The number of allylic oxidation sites excluding steroid dienone is 2. The zero-order chi connectivity index (χ0) is 21.3. The van der Waals surface area contributed by atoms with E-state index in [2.05, 4.69) is 10.6 Å². The normalized spacial score (nSPS) is 21.3. The summed E-state index contributed by atoms with van der Waals surface area (Å²) in [6.07, 6.45) is 4.89. The zero-order valence-corrected chi connectivity index (χ0v) is 17.1. The molecule has 154 valence electrons. The molecule has 2 aliphatic rings. The number of hydrogen-bond donors (Lipinski definition) is 2. The third kappa shape index (κ3) is 3.78. The molecule has 1 aliphatic heterocycles. The van der Waals surface area contributed by atoms with Gasteiger partial charge < -0.3 is 10.6 Å². The molecule has 30 heavy (non-hydrogen) atoms. The molecule has 1 aliphatic carbocycles. The first-order chi connectivity index (χ1) is 14.5. The van der Waals surface area contributed by atoms with Gasteiger partial charge in [0.2, 0.25) is 17.7 Å². The highest BCUT2D eigenvalue weighted by Crippen LogP contribution is 2.36. The summed E-state index contributed by atoms with van der Waals surface area (Å²) >= 11 is 1.34. The third-order valence-corrected chi connectivity index (χ3v) is 6.31. The lowest BCUT2D eigenvalue weighted by Crippen LogP contribution is -2.46. The van der Waals surface area contributed by atoms with E-state index in [1.165, 1.54) is 11.3 Å². The first-order valence-corrected chi connectivity index (χ1v) is 10.6. The topological polar surface area (TPSA) is 95.6 Å². The van der Waals surface area contributed by atoms with Gasteiger partial charge >= 0.3 is 0 Å². The van der Waals surface area contributed by atoms with Gasteiger partial charge in [-0.25, -0.2) is 0 Å². The predicted octanol–water partition coefficient (Wildman–Crippen LogP) is 3.28. The zero-order valence-electron chi connectivity index (χ0n) is 16.3. The van der Waals surface area contributed by atoms with E-state index < -0.39 is 11.9 Å². The average Bonchev–Trinajstić information content (AvgIpc) is 3.36. The quantitative estimate of drug-likeness (QED) is 0.570. The van der Waals surface area contributed by atoms with Crippen LogP contribution in [0.3, 0.4) is 0 Å². The van der Waals surface area contributed by atoms with Gasteiger partial charge in [-0.05, 0) is 49.4 Å². The molecule has 8 heteroatoms. The number of imide groups is 1. The van der Waals surface area contributed by atoms with E-state index in [-0.39, 0.29) is 29.6 Å². The summed E-state index contributed by atoms with van der Waals surface area (Å²) in [5.41, 5.74) is 0.998. The highest BCUT2D eigenvalue weighted by atomic mass is 32.1. The molecule has 1 saturated heterocycles. The summed E-state index contributed by atoms with van der Waals surface area (Å²) < 4.78 is 0. The molecule has 2 N–H and O–H groups in total. The van der Waals surface area contributed by atoms with Crippen molar-refractivity contribution in [2.75, 3.05) is 10.6 Å². The Morgan fingerprint density at radius 2 is 1.63 bits per heavy atom. The predicted molar refractivity (Wildman–Crippen MR) is 114 cm³/mol. The van der Waals surface area contributed by atoms with E-state index in [1.54, 1.807) is 43.3 Å². The van der Waals surface area contributed by atoms with Crippen LogP contribution in [0.15, 0.2) is 53.9 Å². The SMILES string of the molecule is CC(C(=O)Nc1cccc(NC(=O)c2cccs2)c1)N1C(=O)C2CC=CCC2C1=O. The largest absolute Gasteiger partial charge is 0.324 e. The lowest BCUT2D eigenvalue weighted by molar-refractivity contribution is -0.146. The minimum Gasteiger partial charge on any atom is -0.324 e. The number of rotatable bonds is 5. The van der Waals surface area contributed by atoms with Gasteiger partial charge in [0.15, 0.2) is 0 Å². The molecule has 3 atom stereocenters. The van der Waals surface area contributed by atoms with Crippen molar-refractivity contribution in [1.29, 1.82) is 0 Å². The Morgan fingerprint density at radius 3 is 2.23 bits per heavy atom. The van der Waals surface area contributed by atoms with Crippen LogP contribution in [0.25, 0.3) is 0 Å². The monoisotopic (exact) mass is 423 g/mol. The Balaban J connectivity index is 1.43. The fourth-order valence-corrected chi connectivity index (χ4v) is 4.47. The van der Waals surface area contributed by atoms with E-state index in [1.807, 2.05) is 17.5 Å². The maximum absolute atomic E-state index is 12.8. The summed E-state index contributed by atoms with van der Waals surface area (Å²) in [6.45, 7) is 1.55. The fraction of sp³-hybridized carbons (Fsp3) is 0.273. The van der Waals surface area contributed by atoms with Crippen molar-refractivity contribution in [3.63, 3.8) is 0 Å². The van der Waals surface area contributed by atoms with Crippen LogP contribution < -0.4 is 10.6 Å². The van der Waals surface area contributed by atoms with Crippen molar-refractivity contribution in [3.05, 3.63) is 58.8 Å². The van der Waals surface area contributed by atoms with Gasteiger partial charge in [0.1, 0.15) is 6.04 Å². The van der Waals surface area contributed by atoms with Crippen molar-refractivity contribution >= 4 is 46.3 Å². The number of anilines is 2. The molecule has 0 spiro atoms. The summed E-state index contributed by atoms with van der Waals surface area (Å²) in [4.78, 5) is 52.0. The molecule has 2 heterocycles. The van der Waals surface area contributed by atoms with Crippen LogP contribution >= 0.6 is 11.3 Å².